The van der Waals surface area contributed by atoms with Crippen molar-refractivity contribution in [2.75, 3.05) is 39.9 Å². The Hall–Kier alpha value is -2.99. The van der Waals surface area contributed by atoms with Crippen molar-refractivity contribution in [1.82, 2.24) is 14.8 Å². The van der Waals surface area contributed by atoms with Crippen molar-refractivity contribution in [1.29, 1.82) is 0 Å². The van der Waals surface area contributed by atoms with Crippen LogP contribution in [0.5, 0.6) is 11.5 Å². The normalized spacial score (nSPS) is 16.1. The van der Waals surface area contributed by atoms with Crippen molar-refractivity contribution in [3.63, 3.8) is 0 Å². The van der Waals surface area contributed by atoms with Crippen LogP contribution >= 0.6 is 0 Å². The summed E-state index contributed by atoms with van der Waals surface area (Å²) in [4.78, 5) is 20.6. The topological polar surface area (TPSA) is 57.8 Å². The largest absolute Gasteiger partial charge is 0.497 e. The molecule has 0 bridgehead atoms. The molecule has 0 spiro atoms. The number of likely N-dealkylation sites (N-methyl/N-ethyl adjacent to an activating group) is 1. The van der Waals surface area contributed by atoms with E-state index in [9.17, 15) is 4.79 Å². The van der Waals surface area contributed by atoms with Crippen molar-refractivity contribution in [2.45, 2.75) is 19.9 Å². The highest BCUT2D eigenvalue weighted by Crippen LogP contribution is 2.23. The first-order valence-electron chi connectivity index (χ1n) is 10.5. The SMILES string of the molecule is CCN1CCN(Cc2cc3cc(OC)ccc3[nH]2)CCOc2ccccc2CC1=O. The van der Waals surface area contributed by atoms with Crippen LogP contribution in [0.4, 0.5) is 0 Å². The second-order valence-electron chi connectivity index (χ2n) is 7.63. The van der Waals surface area contributed by atoms with E-state index in [-0.39, 0.29) is 5.91 Å². The van der Waals surface area contributed by atoms with Gasteiger partial charge >= 0.3 is 0 Å². The molecule has 2 heterocycles. The summed E-state index contributed by atoms with van der Waals surface area (Å²) < 4.78 is 11.4. The summed E-state index contributed by atoms with van der Waals surface area (Å²) in [6, 6.07) is 16.1. The Bertz CT molecular complexity index is 1010. The van der Waals surface area contributed by atoms with Gasteiger partial charge in [-0.3, -0.25) is 9.69 Å². The van der Waals surface area contributed by atoms with Crippen LogP contribution in [0.3, 0.4) is 0 Å². The number of benzene rings is 2. The zero-order valence-corrected chi connectivity index (χ0v) is 17.7. The lowest BCUT2D eigenvalue weighted by molar-refractivity contribution is -0.130. The van der Waals surface area contributed by atoms with E-state index in [0.717, 1.165) is 53.3 Å². The fourth-order valence-electron chi connectivity index (χ4n) is 3.97. The predicted octanol–water partition coefficient (Wildman–Crippen LogP) is 3.46. The smallest absolute Gasteiger partial charge is 0.227 e. The maximum Gasteiger partial charge on any atom is 0.227 e. The molecule has 1 aliphatic heterocycles. The van der Waals surface area contributed by atoms with Crippen molar-refractivity contribution in [3.8, 4) is 11.5 Å². The number of hydrogen-bond acceptors (Lipinski definition) is 4. The van der Waals surface area contributed by atoms with Crippen LogP contribution < -0.4 is 9.47 Å². The van der Waals surface area contributed by atoms with Gasteiger partial charge in [0.1, 0.15) is 18.1 Å². The first-order valence-corrected chi connectivity index (χ1v) is 10.5. The van der Waals surface area contributed by atoms with E-state index in [1.807, 2.05) is 54.3 Å². The Morgan fingerprint density at radius 2 is 1.97 bits per heavy atom. The van der Waals surface area contributed by atoms with Gasteiger partial charge in [0.15, 0.2) is 0 Å². The third-order valence-electron chi connectivity index (χ3n) is 5.68. The fraction of sp³-hybridized carbons (Fsp3) is 0.375. The molecule has 1 aliphatic rings. The molecule has 1 N–H and O–H groups in total. The minimum absolute atomic E-state index is 0.146. The molecule has 0 aliphatic carbocycles. The molecule has 3 aromatic rings. The molecular weight excluding hydrogens is 378 g/mol. The van der Waals surface area contributed by atoms with E-state index in [1.54, 1.807) is 7.11 Å². The molecule has 0 atom stereocenters. The van der Waals surface area contributed by atoms with Crippen LogP contribution in [-0.4, -0.2) is 60.6 Å². The van der Waals surface area contributed by atoms with Crippen LogP contribution in [0.2, 0.25) is 0 Å². The van der Waals surface area contributed by atoms with E-state index < -0.39 is 0 Å². The van der Waals surface area contributed by atoms with Crippen molar-refractivity contribution in [2.24, 2.45) is 0 Å². The van der Waals surface area contributed by atoms with Gasteiger partial charge in [-0.05, 0) is 37.3 Å². The molecule has 0 fully saturated rings. The van der Waals surface area contributed by atoms with Gasteiger partial charge in [0.25, 0.3) is 0 Å². The minimum atomic E-state index is 0.146. The maximum atomic E-state index is 12.8. The van der Waals surface area contributed by atoms with Crippen LogP contribution in [0.25, 0.3) is 10.9 Å². The summed E-state index contributed by atoms with van der Waals surface area (Å²) in [5.41, 5.74) is 3.20. The Morgan fingerprint density at radius 1 is 1.10 bits per heavy atom. The fourth-order valence-corrected chi connectivity index (χ4v) is 3.97. The van der Waals surface area contributed by atoms with E-state index >= 15 is 0 Å². The van der Waals surface area contributed by atoms with Gasteiger partial charge in [-0.1, -0.05) is 18.2 Å². The van der Waals surface area contributed by atoms with E-state index in [4.69, 9.17) is 9.47 Å². The molecule has 6 heteroatoms. The molecule has 6 nitrogen and oxygen atoms in total. The second kappa shape index (κ2) is 9.22. The number of para-hydroxylation sites is 1. The number of carbonyl (C=O) groups excluding carboxylic acids is 1. The Labute approximate surface area is 177 Å². The number of aromatic amines is 1. The highest BCUT2D eigenvalue weighted by atomic mass is 16.5. The molecule has 0 unspecified atom stereocenters. The molecule has 0 saturated carbocycles. The highest BCUT2D eigenvalue weighted by molar-refractivity contribution is 5.82. The first-order chi connectivity index (χ1) is 14.7. The summed E-state index contributed by atoms with van der Waals surface area (Å²) in [7, 11) is 1.68. The number of methoxy groups -OCH3 is 1. The van der Waals surface area contributed by atoms with Gasteiger partial charge in [0, 0.05) is 54.9 Å². The number of hydrogen-bond donors (Lipinski definition) is 1. The Balaban J connectivity index is 1.52. The lowest BCUT2D eigenvalue weighted by Crippen LogP contribution is -2.39. The highest BCUT2D eigenvalue weighted by Gasteiger charge is 2.18. The molecular formula is C24H29N3O3. The number of nitrogens with zero attached hydrogens (tertiary/aromatic N) is 2. The van der Waals surface area contributed by atoms with Gasteiger partial charge < -0.3 is 19.4 Å². The standard InChI is InChI=1S/C24H29N3O3/c1-3-27-11-10-26(12-13-30-23-7-5-4-6-18(23)16-24(27)28)17-20-14-19-15-21(29-2)8-9-22(19)25-20/h4-9,14-15,25H,3,10-13,16-17H2,1-2H3. The van der Waals surface area contributed by atoms with Crippen LogP contribution in [-0.2, 0) is 17.8 Å². The monoisotopic (exact) mass is 407 g/mol. The van der Waals surface area contributed by atoms with E-state index in [2.05, 4.69) is 16.0 Å². The number of carbonyl (C=O) groups is 1. The minimum Gasteiger partial charge on any atom is -0.497 e. The maximum absolute atomic E-state index is 12.8. The van der Waals surface area contributed by atoms with Gasteiger partial charge in [0.2, 0.25) is 5.91 Å². The lowest BCUT2D eigenvalue weighted by Gasteiger charge is -2.26. The van der Waals surface area contributed by atoms with Crippen LogP contribution in [0, 0.1) is 0 Å². The summed E-state index contributed by atoms with van der Waals surface area (Å²) in [5, 5.41) is 1.14. The summed E-state index contributed by atoms with van der Waals surface area (Å²) >= 11 is 0. The van der Waals surface area contributed by atoms with Crippen molar-refractivity contribution >= 4 is 16.8 Å². The van der Waals surface area contributed by atoms with Crippen molar-refractivity contribution < 1.29 is 14.3 Å². The third-order valence-corrected chi connectivity index (χ3v) is 5.68. The summed E-state index contributed by atoms with van der Waals surface area (Å²) in [5.74, 6) is 1.81. The van der Waals surface area contributed by atoms with Gasteiger partial charge in [-0.15, -0.1) is 0 Å². The molecule has 158 valence electrons. The summed E-state index contributed by atoms with van der Waals surface area (Å²) in [6.45, 7) is 6.42. The molecule has 1 aromatic heterocycles. The average Bonchev–Trinajstić information content (AvgIpc) is 3.15. The van der Waals surface area contributed by atoms with Crippen LogP contribution in [0.1, 0.15) is 18.2 Å². The van der Waals surface area contributed by atoms with Crippen LogP contribution in [0.15, 0.2) is 48.5 Å². The number of rotatable bonds is 4. The number of aromatic nitrogens is 1. The Morgan fingerprint density at radius 3 is 2.80 bits per heavy atom. The average molecular weight is 408 g/mol. The van der Waals surface area contributed by atoms with Gasteiger partial charge in [-0.2, -0.15) is 0 Å². The zero-order valence-electron chi connectivity index (χ0n) is 17.7. The number of nitrogens with one attached hydrogen (secondary N) is 1. The van der Waals surface area contributed by atoms with Gasteiger partial charge in [-0.25, -0.2) is 0 Å². The van der Waals surface area contributed by atoms with E-state index in [0.29, 0.717) is 26.1 Å². The first kappa shape index (κ1) is 20.3. The molecule has 2 aromatic carbocycles. The number of H-pyrrole nitrogens is 1. The lowest BCUT2D eigenvalue weighted by atomic mass is 10.1. The summed E-state index contributed by atoms with van der Waals surface area (Å²) in [6.07, 6.45) is 0.383. The quantitative estimate of drug-likeness (QED) is 0.720. The third kappa shape index (κ3) is 4.60. The zero-order chi connectivity index (χ0) is 20.9. The molecule has 0 radical (unpaired) electrons. The van der Waals surface area contributed by atoms with E-state index in [1.165, 1.54) is 0 Å². The van der Waals surface area contributed by atoms with Gasteiger partial charge in [0.05, 0.1) is 13.5 Å². The number of amides is 1. The molecule has 30 heavy (non-hydrogen) atoms. The van der Waals surface area contributed by atoms with Crippen molar-refractivity contribution in [3.05, 3.63) is 59.8 Å². The number of fused-ring (bicyclic) bond motifs is 2. The molecule has 0 saturated heterocycles. The second-order valence-corrected chi connectivity index (χ2v) is 7.63. The Kier molecular flexibility index (Phi) is 6.23. The molecule has 4 rings (SSSR count). The predicted molar refractivity (Wildman–Crippen MR) is 118 cm³/mol. The molecule has 1 amide bonds. The number of ether oxygens (including phenoxy) is 2.